The van der Waals surface area contributed by atoms with Gasteiger partial charge in [0.25, 0.3) is 0 Å². The van der Waals surface area contributed by atoms with Crippen LogP contribution < -0.4 is 5.32 Å². The normalized spacial score (nSPS) is 18.5. The number of aromatic amines is 2. The maximum absolute atomic E-state index is 13.6. The predicted molar refractivity (Wildman–Crippen MR) is 211 cm³/mol. The Labute approximate surface area is 329 Å². The molecule has 5 aromatic rings. The molecule has 7 rings (SSSR count). The van der Waals surface area contributed by atoms with Crippen molar-refractivity contribution in [3.63, 3.8) is 0 Å². The molecule has 4 amide bonds. The lowest BCUT2D eigenvalue weighted by Gasteiger charge is -2.33. The molecule has 16 nitrogen and oxygen atoms in total. The summed E-state index contributed by atoms with van der Waals surface area (Å²) in [5.41, 5.74) is 6.26. The number of benzene rings is 2. The van der Waals surface area contributed by atoms with Crippen molar-refractivity contribution in [1.29, 1.82) is 0 Å². The van der Waals surface area contributed by atoms with Gasteiger partial charge >= 0.3 is 6.09 Å². The average Bonchev–Trinajstić information content (AvgIpc) is 4.03. The second kappa shape index (κ2) is 16.1. The van der Waals surface area contributed by atoms with Gasteiger partial charge in [-0.2, -0.15) is 0 Å². The van der Waals surface area contributed by atoms with Crippen LogP contribution >= 0.6 is 0 Å². The van der Waals surface area contributed by atoms with Crippen molar-refractivity contribution in [2.75, 3.05) is 20.1 Å². The number of likely N-dealkylation sites (N-methyl/N-ethyl adjacent to an activating group) is 1. The summed E-state index contributed by atoms with van der Waals surface area (Å²) in [6, 6.07) is 11.3. The molecule has 57 heavy (non-hydrogen) atoms. The smallest absolute Gasteiger partial charge is 0.407 e. The fourth-order valence-corrected chi connectivity index (χ4v) is 8.04. The van der Waals surface area contributed by atoms with Crippen LogP contribution in [0.25, 0.3) is 44.8 Å². The van der Waals surface area contributed by atoms with E-state index in [0.717, 1.165) is 57.8 Å². The van der Waals surface area contributed by atoms with E-state index in [0.29, 0.717) is 42.4 Å². The highest BCUT2D eigenvalue weighted by Gasteiger charge is 2.40. The summed E-state index contributed by atoms with van der Waals surface area (Å²) in [6.45, 7) is 7.56. The molecule has 5 N–H and O–H groups in total. The van der Waals surface area contributed by atoms with Crippen molar-refractivity contribution in [2.45, 2.75) is 83.6 Å². The number of hydrogen-bond donors (Lipinski definition) is 5. The lowest BCUT2D eigenvalue weighted by atomic mass is 10.0. The number of rotatable bonds is 11. The van der Waals surface area contributed by atoms with Gasteiger partial charge in [0.2, 0.25) is 17.7 Å². The molecule has 0 saturated carbocycles. The largest absolute Gasteiger partial charge is 0.465 e. The van der Waals surface area contributed by atoms with Crippen LogP contribution in [0.4, 0.5) is 4.79 Å². The van der Waals surface area contributed by atoms with Gasteiger partial charge in [0, 0.05) is 49.9 Å². The zero-order valence-electron chi connectivity index (χ0n) is 32.6. The van der Waals surface area contributed by atoms with E-state index in [4.69, 9.17) is 15.0 Å². The van der Waals surface area contributed by atoms with Gasteiger partial charge in [0.05, 0.1) is 58.7 Å². The molecule has 3 aromatic heterocycles. The number of nitrogens with zero attached hydrogens (tertiary/aromatic N) is 7. The molecule has 2 aliphatic rings. The number of carbonyl (C=O) groups excluding carboxylic acids is 3. The van der Waals surface area contributed by atoms with Gasteiger partial charge in [-0.1, -0.05) is 44.2 Å². The van der Waals surface area contributed by atoms with Crippen molar-refractivity contribution in [1.82, 2.24) is 49.9 Å². The Morgan fingerprint density at radius 2 is 1.46 bits per heavy atom. The number of fused-ring (bicyclic) bond motifs is 1. The summed E-state index contributed by atoms with van der Waals surface area (Å²) in [7, 11) is 1.44. The number of aliphatic hydroxyl groups excluding tert-OH is 1. The Morgan fingerprint density at radius 3 is 2.09 bits per heavy atom. The van der Waals surface area contributed by atoms with Gasteiger partial charge in [0.1, 0.15) is 23.7 Å². The molecule has 5 heterocycles. The number of H-pyrrole nitrogens is 2. The first kappa shape index (κ1) is 39.1. The number of aromatic nitrogens is 6. The molecule has 0 bridgehead atoms. The second-order valence-corrected chi connectivity index (χ2v) is 15.3. The monoisotopic (exact) mass is 776 g/mol. The summed E-state index contributed by atoms with van der Waals surface area (Å²) in [5, 5.41) is 22.4. The van der Waals surface area contributed by atoms with E-state index in [9.17, 15) is 29.4 Å². The van der Waals surface area contributed by atoms with Crippen LogP contribution in [0.3, 0.4) is 0 Å². The van der Waals surface area contributed by atoms with Crippen molar-refractivity contribution in [2.24, 2.45) is 5.92 Å². The summed E-state index contributed by atoms with van der Waals surface area (Å²) in [4.78, 5) is 80.6. The van der Waals surface area contributed by atoms with Crippen LogP contribution in [0.5, 0.6) is 0 Å². The molecule has 2 fully saturated rings. The highest BCUT2D eigenvalue weighted by molar-refractivity contribution is 5.88. The summed E-state index contributed by atoms with van der Waals surface area (Å²) >= 11 is 0. The SMILES string of the molecule is CC(=O)N[C@H](C(=O)N1CCC[C@H]1c1ncc(-c2ccc3nc(-c4ccc(-c5c[nH]c([C@@H]6CCCN6C(=O)[C@H](C(C)C)N(C)C(=O)O)n5)cc4)cnc3c2)[nH]1)[C@@H](C)O. The molecule has 0 aliphatic carbocycles. The minimum absolute atomic E-state index is 0.184. The molecule has 0 unspecified atom stereocenters. The zero-order valence-corrected chi connectivity index (χ0v) is 32.6. The van der Waals surface area contributed by atoms with E-state index in [1.165, 1.54) is 20.9 Å². The van der Waals surface area contributed by atoms with E-state index >= 15 is 0 Å². The number of aliphatic hydroxyl groups is 1. The third-order valence-corrected chi connectivity index (χ3v) is 10.9. The lowest BCUT2D eigenvalue weighted by Crippen LogP contribution is -2.53. The number of carboxylic acid groups (broad SMARTS) is 1. The molecular weight excluding hydrogens is 729 g/mol. The van der Waals surface area contributed by atoms with E-state index in [-0.39, 0.29) is 35.7 Å². The van der Waals surface area contributed by atoms with Crippen LogP contribution in [-0.4, -0.2) is 117 Å². The molecular formula is C41H48N10O6. The quantitative estimate of drug-likeness (QED) is 0.122. The summed E-state index contributed by atoms with van der Waals surface area (Å²) in [5.74, 6) is 0.189. The molecule has 0 spiro atoms. The Balaban J connectivity index is 1.03. The third-order valence-electron chi connectivity index (χ3n) is 10.9. The fourth-order valence-electron chi connectivity index (χ4n) is 8.04. The number of nitrogens with one attached hydrogen (secondary N) is 3. The Bertz CT molecular complexity index is 2280. The summed E-state index contributed by atoms with van der Waals surface area (Å²) in [6.07, 6.45) is 6.14. The highest BCUT2D eigenvalue weighted by atomic mass is 16.4. The van der Waals surface area contributed by atoms with Gasteiger partial charge in [-0.05, 0) is 50.7 Å². The number of likely N-dealkylation sites (tertiary alicyclic amines) is 2. The number of imidazole rings is 2. The number of amides is 4. The van der Waals surface area contributed by atoms with E-state index < -0.39 is 24.3 Å². The van der Waals surface area contributed by atoms with Gasteiger partial charge < -0.3 is 35.3 Å². The third kappa shape index (κ3) is 7.94. The van der Waals surface area contributed by atoms with Crippen molar-refractivity contribution in [3.05, 3.63) is 72.7 Å². The van der Waals surface area contributed by atoms with Gasteiger partial charge in [-0.15, -0.1) is 0 Å². The zero-order chi connectivity index (χ0) is 40.5. The standard InChI is InChI=1S/C41H48N10O6/c1-22(2)36(49(5)41(56)57)40(55)51-17-7-9-34(51)38-43-20-31(47-38)26-12-10-25(11-13-26)30-19-42-29-18-27(14-15-28(29)46-30)32-21-44-37(48-32)33-8-6-16-50(33)39(54)35(23(3)52)45-24(4)53/h10-15,18-23,33-36,52H,6-9,16-17H2,1-5H3,(H,43,47)(H,44,48)(H,45,53)(H,56,57)/t23-,33+,34+,35+,36+/m1/s1. The van der Waals surface area contributed by atoms with Crippen LogP contribution in [0.15, 0.2) is 61.1 Å². The molecule has 2 saturated heterocycles. The molecule has 0 radical (unpaired) electrons. The average molecular weight is 777 g/mol. The highest BCUT2D eigenvalue weighted by Crippen LogP contribution is 2.35. The van der Waals surface area contributed by atoms with E-state index in [2.05, 4.69) is 20.3 Å². The molecule has 2 aliphatic heterocycles. The number of hydrogen-bond acceptors (Lipinski definition) is 9. The molecule has 298 valence electrons. The summed E-state index contributed by atoms with van der Waals surface area (Å²) < 4.78 is 0. The maximum Gasteiger partial charge on any atom is 0.407 e. The van der Waals surface area contributed by atoms with Gasteiger partial charge in [0.15, 0.2) is 0 Å². The molecule has 2 aromatic carbocycles. The fraction of sp³-hybridized carbons (Fsp3) is 0.415. The van der Waals surface area contributed by atoms with Crippen LogP contribution in [0.1, 0.15) is 77.1 Å². The second-order valence-electron chi connectivity index (χ2n) is 15.3. The molecule has 16 heteroatoms. The Kier molecular flexibility index (Phi) is 11.1. The molecule has 5 atom stereocenters. The van der Waals surface area contributed by atoms with Gasteiger partial charge in [-0.25, -0.2) is 19.7 Å². The lowest BCUT2D eigenvalue weighted by molar-refractivity contribution is -0.140. The van der Waals surface area contributed by atoms with Crippen molar-refractivity contribution < 1.29 is 29.4 Å². The van der Waals surface area contributed by atoms with E-state index in [1.54, 1.807) is 22.2 Å². The van der Waals surface area contributed by atoms with Crippen LogP contribution in [0.2, 0.25) is 0 Å². The minimum atomic E-state index is -1.13. The Hall–Kier alpha value is -6.16. The van der Waals surface area contributed by atoms with Crippen LogP contribution in [-0.2, 0) is 14.4 Å². The first-order valence-electron chi connectivity index (χ1n) is 19.3. The van der Waals surface area contributed by atoms with Crippen molar-refractivity contribution in [3.8, 4) is 33.8 Å². The van der Waals surface area contributed by atoms with E-state index in [1.807, 2.05) is 62.5 Å². The first-order valence-corrected chi connectivity index (χ1v) is 19.3. The predicted octanol–water partition coefficient (Wildman–Crippen LogP) is 4.92. The van der Waals surface area contributed by atoms with Crippen LogP contribution in [0, 0.1) is 5.92 Å². The van der Waals surface area contributed by atoms with Crippen molar-refractivity contribution >= 4 is 34.8 Å². The van der Waals surface area contributed by atoms with Gasteiger partial charge in [-0.3, -0.25) is 24.3 Å². The topological polar surface area (TPSA) is 214 Å². The Morgan fingerprint density at radius 1 is 0.825 bits per heavy atom. The maximum atomic E-state index is 13.6. The minimum Gasteiger partial charge on any atom is -0.465 e. The number of carbonyl (C=O) groups is 4. The first-order chi connectivity index (χ1) is 27.3.